The minimum absolute atomic E-state index is 0.0861. The lowest BCUT2D eigenvalue weighted by atomic mass is 9.68. The number of thiophene rings is 1. The normalized spacial score (nSPS) is 26.0. The summed E-state index contributed by atoms with van der Waals surface area (Å²) in [5, 5.41) is 3.24. The zero-order chi connectivity index (χ0) is 17.6. The first kappa shape index (κ1) is 17.0. The molecule has 2 unspecified atom stereocenters. The van der Waals surface area contributed by atoms with Crippen molar-refractivity contribution in [3.05, 3.63) is 45.4 Å². The Morgan fingerprint density at radius 1 is 1.38 bits per heavy atom. The summed E-state index contributed by atoms with van der Waals surface area (Å²) in [6, 6.07) is 4.04. The number of ether oxygens (including phenoxy) is 1. The second kappa shape index (κ2) is 5.88. The van der Waals surface area contributed by atoms with Crippen LogP contribution in [0.25, 0.3) is 0 Å². The molecule has 3 rings (SSSR count). The van der Waals surface area contributed by atoms with Gasteiger partial charge in [-0.05, 0) is 30.9 Å². The Morgan fingerprint density at radius 3 is 2.67 bits per heavy atom. The van der Waals surface area contributed by atoms with E-state index in [1.54, 1.807) is 11.3 Å². The summed E-state index contributed by atoms with van der Waals surface area (Å²) in [4.78, 5) is 27.5. The van der Waals surface area contributed by atoms with Gasteiger partial charge >= 0.3 is 5.97 Å². The second-order valence-electron chi connectivity index (χ2n) is 7.41. The van der Waals surface area contributed by atoms with Gasteiger partial charge in [0.05, 0.1) is 7.11 Å². The van der Waals surface area contributed by atoms with Gasteiger partial charge in [0, 0.05) is 39.1 Å². The van der Waals surface area contributed by atoms with Gasteiger partial charge in [0.25, 0.3) is 0 Å². The van der Waals surface area contributed by atoms with Gasteiger partial charge in [-0.25, -0.2) is 0 Å². The third kappa shape index (κ3) is 2.81. The van der Waals surface area contributed by atoms with Crippen LogP contribution < -0.4 is 5.32 Å². The Labute approximate surface area is 146 Å². The fourth-order valence-corrected chi connectivity index (χ4v) is 4.80. The number of hydrogen-bond donors (Lipinski definition) is 1. The highest BCUT2D eigenvalue weighted by atomic mass is 32.1. The number of ketones is 1. The molecule has 0 saturated heterocycles. The Hall–Kier alpha value is -1.88. The summed E-state index contributed by atoms with van der Waals surface area (Å²) in [7, 11) is 1.38. The Balaban J connectivity index is 2.17. The van der Waals surface area contributed by atoms with Crippen molar-refractivity contribution in [2.45, 2.75) is 39.5 Å². The smallest absolute Gasteiger partial charge is 0.315 e. The van der Waals surface area contributed by atoms with Crippen molar-refractivity contribution >= 4 is 23.1 Å². The highest BCUT2D eigenvalue weighted by molar-refractivity contribution is 7.12. The Kier molecular flexibility index (Phi) is 4.16. The SMILES string of the molecule is C=C1NC2=C(C(=O)CC(C)(C)C2)C(c2ccc(C)s2)C1C(=O)OC. The predicted octanol–water partition coefficient (Wildman–Crippen LogP) is 3.69. The molecular weight excluding hydrogens is 322 g/mol. The van der Waals surface area contributed by atoms with Gasteiger partial charge < -0.3 is 10.1 Å². The number of nitrogens with one attached hydrogen (secondary N) is 1. The molecule has 0 saturated carbocycles. The van der Waals surface area contributed by atoms with E-state index in [0.717, 1.165) is 27.4 Å². The Morgan fingerprint density at radius 2 is 2.08 bits per heavy atom. The summed E-state index contributed by atoms with van der Waals surface area (Å²) in [6.07, 6.45) is 1.27. The molecule has 128 valence electrons. The molecule has 0 amide bonds. The summed E-state index contributed by atoms with van der Waals surface area (Å²) < 4.78 is 5.01. The van der Waals surface area contributed by atoms with Crippen LogP contribution >= 0.6 is 11.3 Å². The van der Waals surface area contributed by atoms with Crippen LogP contribution in [0.1, 0.15) is 42.4 Å². The number of carbonyl (C=O) groups is 2. The van der Waals surface area contributed by atoms with Crippen LogP contribution in [0, 0.1) is 18.3 Å². The van der Waals surface area contributed by atoms with Crippen molar-refractivity contribution in [1.82, 2.24) is 5.32 Å². The van der Waals surface area contributed by atoms with Crippen LogP contribution in [0.15, 0.2) is 35.7 Å². The first-order valence-corrected chi connectivity index (χ1v) is 8.91. The summed E-state index contributed by atoms with van der Waals surface area (Å²) in [5.74, 6) is -1.11. The molecule has 24 heavy (non-hydrogen) atoms. The number of rotatable bonds is 2. The van der Waals surface area contributed by atoms with Crippen molar-refractivity contribution < 1.29 is 14.3 Å². The van der Waals surface area contributed by atoms with E-state index in [1.807, 2.05) is 19.1 Å². The average Bonchev–Trinajstić information content (AvgIpc) is 2.90. The molecule has 0 spiro atoms. The van der Waals surface area contributed by atoms with Crippen LogP contribution in [0.2, 0.25) is 0 Å². The first-order chi connectivity index (χ1) is 11.2. The highest BCUT2D eigenvalue weighted by Gasteiger charge is 2.46. The summed E-state index contributed by atoms with van der Waals surface area (Å²) in [5.41, 5.74) is 2.18. The minimum atomic E-state index is -0.572. The molecular formula is C19H23NO3S. The molecule has 1 N–H and O–H groups in total. The molecule has 0 radical (unpaired) electrons. The number of esters is 1. The molecule has 1 aliphatic heterocycles. The molecule has 0 aromatic carbocycles. The van der Waals surface area contributed by atoms with Gasteiger partial charge in [0.2, 0.25) is 0 Å². The lowest BCUT2D eigenvalue weighted by Crippen LogP contribution is -2.43. The zero-order valence-corrected chi connectivity index (χ0v) is 15.4. The molecule has 5 heteroatoms. The second-order valence-corrected chi connectivity index (χ2v) is 8.73. The maximum absolute atomic E-state index is 12.9. The van der Waals surface area contributed by atoms with Crippen molar-refractivity contribution in [2.75, 3.05) is 7.11 Å². The van der Waals surface area contributed by atoms with Gasteiger partial charge in [0.1, 0.15) is 5.92 Å². The van der Waals surface area contributed by atoms with E-state index < -0.39 is 5.92 Å². The minimum Gasteiger partial charge on any atom is -0.468 e. The fraction of sp³-hybridized carbons (Fsp3) is 0.474. The maximum atomic E-state index is 12.9. The fourth-order valence-electron chi connectivity index (χ4n) is 3.78. The van der Waals surface area contributed by atoms with E-state index in [2.05, 4.69) is 25.7 Å². The first-order valence-electron chi connectivity index (χ1n) is 8.10. The van der Waals surface area contributed by atoms with E-state index in [1.165, 1.54) is 7.11 Å². The number of carbonyl (C=O) groups excluding carboxylic acids is 2. The molecule has 4 nitrogen and oxygen atoms in total. The van der Waals surface area contributed by atoms with Crippen LogP contribution in [0.5, 0.6) is 0 Å². The standard InChI is InChI=1S/C19H23NO3S/c1-10-6-7-14(24-10)17-15(18(22)23-5)11(2)20-12-8-19(3,4)9-13(21)16(12)17/h6-7,15,17,20H,2,8-9H2,1,3-5H3. The molecule has 2 atom stereocenters. The third-order valence-corrected chi connectivity index (χ3v) is 5.86. The monoisotopic (exact) mass is 345 g/mol. The van der Waals surface area contributed by atoms with E-state index in [-0.39, 0.29) is 23.1 Å². The number of hydrogen-bond acceptors (Lipinski definition) is 5. The van der Waals surface area contributed by atoms with E-state index >= 15 is 0 Å². The maximum Gasteiger partial charge on any atom is 0.315 e. The molecule has 1 aromatic heterocycles. The number of allylic oxidation sites excluding steroid dienone is 2. The lowest BCUT2D eigenvalue weighted by Gasteiger charge is -2.41. The van der Waals surface area contributed by atoms with Gasteiger partial charge in [-0.15, -0.1) is 11.3 Å². The van der Waals surface area contributed by atoms with Gasteiger partial charge in [0.15, 0.2) is 5.78 Å². The summed E-state index contributed by atoms with van der Waals surface area (Å²) in [6.45, 7) is 10.3. The zero-order valence-electron chi connectivity index (χ0n) is 14.6. The van der Waals surface area contributed by atoms with Gasteiger partial charge in [-0.2, -0.15) is 0 Å². The van der Waals surface area contributed by atoms with Gasteiger partial charge in [-0.3, -0.25) is 9.59 Å². The molecule has 1 aliphatic carbocycles. The van der Waals surface area contributed by atoms with E-state index in [9.17, 15) is 9.59 Å². The lowest BCUT2D eigenvalue weighted by molar-refractivity contribution is -0.144. The topological polar surface area (TPSA) is 55.4 Å². The van der Waals surface area contributed by atoms with Crippen LogP contribution in [-0.4, -0.2) is 18.9 Å². The number of Topliss-reactive ketones (excluding diaryl/α,β-unsaturated/α-hetero) is 1. The van der Waals surface area contributed by atoms with Crippen LogP contribution in [-0.2, 0) is 14.3 Å². The van der Waals surface area contributed by atoms with Crippen LogP contribution in [0.3, 0.4) is 0 Å². The van der Waals surface area contributed by atoms with E-state index in [0.29, 0.717) is 12.1 Å². The molecule has 1 aromatic rings. The van der Waals surface area contributed by atoms with Crippen LogP contribution in [0.4, 0.5) is 0 Å². The molecule has 2 heterocycles. The van der Waals surface area contributed by atoms with E-state index in [4.69, 9.17) is 4.74 Å². The average molecular weight is 345 g/mol. The van der Waals surface area contributed by atoms with Crippen molar-refractivity contribution in [2.24, 2.45) is 11.3 Å². The number of aryl methyl sites for hydroxylation is 1. The van der Waals surface area contributed by atoms with Crippen molar-refractivity contribution in [3.8, 4) is 0 Å². The predicted molar refractivity (Wildman–Crippen MR) is 94.6 cm³/mol. The molecule has 0 fully saturated rings. The van der Waals surface area contributed by atoms with Crippen molar-refractivity contribution in [3.63, 3.8) is 0 Å². The molecule has 0 bridgehead atoms. The quantitative estimate of drug-likeness (QED) is 0.831. The highest BCUT2D eigenvalue weighted by Crippen LogP contribution is 2.49. The summed E-state index contributed by atoms with van der Waals surface area (Å²) >= 11 is 1.62. The van der Waals surface area contributed by atoms with Gasteiger partial charge in [-0.1, -0.05) is 20.4 Å². The Bertz CT molecular complexity index is 756. The van der Waals surface area contributed by atoms with Crippen molar-refractivity contribution in [1.29, 1.82) is 0 Å². The largest absolute Gasteiger partial charge is 0.468 e. The third-order valence-electron chi connectivity index (χ3n) is 4.77. The molecule has 2 aliphatic rings. The number of methoxy groups -OCH3 is 1.